The first kappa shape index (κ1) is 13.1. The van der Waals surface area contributed by atoms with Crippen LogP contribution in [-0.4, -0.2) is 10.9 Å². The molecule has 0 unspecified atom stereocenters. The summed E-state index contributed by atoms with van der Waals surface area (Å²) in [7, 11) is 0. The van der Waals surface area contributed by atoms with Crippen LogP contribution >= 0.6 is 0 Å². The number of hydrogen-bond donors (Lipinski definition) is 2. The quantitative estimate of drug-likeness (QED) is 0.709. The summed E-state index contributed by atoms with van der Waals surface area (Å²) in [5, 5.41) is 4.11. The number of pyridine rings is 1. The molecule has 0 radical (unpaired) electrons. The van der Waals surface area contributed by atoms with Gasteiger partial charge in [0.2, 0.25) is 0 Å². The Morgan fingerprint density at radius 2 is 1.95 bits per heavy atom. The SMILES string of the molecule is Nc1ccc(F)c(NC(=O)c2nccc3ccccc23)c1. The van der Waals surface area contributed by atoms with Gasteiger partial charge in [-0.05, 0) is 29.7 Å². The third-order valence-electron chi connectivity index (χ3n) is 3.13. The minimum Gasteiger partial charge on any atom is -0.399 e. The van der Waals surface area contributed by atoms with E-state index in [1.807, 2.05) is 24.3 Å². The van der Waals surface area contributed by atoms with Gasteiger partial charge in [0.15, 0.2) is 0 Å². The number of nitrogens with one attached hydrogen (secondary N) is 1. The van der Waals surface area contributed by atoms with Crippen molar-refractivity contribution < 1.29 is 9.18 Å². The fourth-order valence-corrected chi connectivity index (χ4v) is 2.12. The molecule has 3 rings (SSSR count). The average Bonchev–Trinajstić information content (AvgIpc) is 2.50. The van der Waals surface area contributed by atoms with Gasteiger partial charge in [-0.1, -0.05) is 24.3 Å². The van der Waals surface area contributed by atoms with Crippen molar-refractivity contribution in [2.75, 3.05) is 11.1 Å². The number of hydrogen-bond acceptors (Lipinski definition) is 3. The number of nitrogen functional groups attached to an aromatic ring is 1. The Kier molecular flexibility index (Phi) is 3.23. The number of anilines is 2. The van der Waals surface area contributed by atoms with Gasteiger partial charge in [0.05, 0.1) is 5.69 Å². The van der Waals surface area contributed by atoms with Gasteiger partial charge in [-0.25, -0.2) is 4.39 Å². The number of benzene rings is 2. The highest BCUT2D eigenvalue weighted by molar-refractivity contribution is 6.11. The topological polar surface area (TPSA) is 68.0 Å². The van der Waals surface area contributed by atoms with Crippen molar-refractivity contribution in [3.8, 4) is 0 Å². The molecule has 0 atom stereocenters. The standard InChI is InChI=1S/C16H12FN3O/c17-13-6-5-11(18)9-14(13)20-16(21)15-12-4-2-1-3-10(12)7-8-19-15/h1-9H,18H2,(H,20,21). The van der Waals surface area contributed by atoms with Crippen LogP contribution in [-0.2, 0) is 0 Å². The molecule has 0 bridgehead atoms. The van der Waals surface area contributed by atoms with E-state index in [9.17, 15) is 9.18 Å². The lowest BCUT2D eigenvalue weighted by Crippen LogP contribution is -2.15. The summed E-state index contributed by atoms with van der Waals surface area (Å²) in [6, 6.07) is 13.2. The smallest absolute Gasteiger partial charge is 0.274 e. The maximum atomic E-state index is 13.7. The summed E-state index contributed by atoms with van der Waals surface area (Å²) in [6.45, 7) is 0. The first-order valence-corrected chi connectivity index (χ1v) is 6.35. The predicted octanol–water partition coefficient (Wildman–Crippen LogP) is 3.21. The van der Waals surface area contributed by atoms with Gasteiger partial charge >= 0.3 is 0 Å². The van der Waals surface area contributed by atoms with Crippen LogP contribution in [0, 0.1) is 5.82 Å². The molecule has 1 aromatic heterocycles. The van der Waals surface area contributed by atoms with E-state index in [-0.39, 0.29) is 11.4 Å². The second kappa shape index (κ2) is 5.20. The van der Waals surface area contributed by atoms with Crippen LogP contribution in [0.3, 0.4) is 0 Å². The van der Waals surface area contributed by atoms with Gasteiger partial charge in [0.25, 0.3) is 5.91 Å². The number of nitrogens with two attached hydrogens (primary N) is 1. The van der Waals surface area contributed by atoms with Crippen LogP contribution in [0.2, 0.25) is 0 Å². The Balaban J connectivity index is 1.99. The number of halogens is 1. The second-order valence-corrected chi connectivity index (χ2v) is 4.57. The van der Waals surface area contributed by atoms with Gasteiger partial charge in [-0.2, -0.15) is 0 Å². The predicted molar refractivity (Wildman–Crippen MR) is 80.5 cm³/mol. The zero-order chi connectivity index (χ0) is 14.8. The van der Waals surface area contributed by atoms with Crippen molar-refractivity contribution in [2.24, 2.45) is 0 Å². The van der Waals surface area contributed by atoms with Crippen LogP contribution in [0.4, 0.5) is 15.8 Å². The first-order valence-electron chi connectivity index (χ1n) is 6.35. The Bertz CT molecular complexity index is 827. The molecule has 0 saturated heterocycles. The molecular weight excluding hydrogens is 269 g/mol. The zero-order valence-electron chi connectivity index (χ0n) is 11.0. The summed E-state index contributed by atoms with van der Waals surface area (Å²) in [4.78, 5) is 16.4. The van der Waals surface area contributed by atoms with E-state index in [0.717, 1.165) is 5.39 Å². The first-order chi connectivity index (χ1) is 10.1. The van der Waals surface area contributed by atoms with Gasteiger partial charge < -0.3 is 11.1 Å². The van der Waals surface area contributed by atoms with Gasteiger partial charge in [0, 0.05) is 17.3 Å². The fraction of sp³-hybridized carbons (Fsp3) is 0. The van der Waals surface area contributed by atoms with Crippen molar-refractivity contribution in [3.05, 3.63) is 66.2 Å². The molecule has 0 aliphatic carbocycles. The third-order valence-corrected chi connectivity index (χ3v) is 3.13. The van der Waals surface area contributed by atoms with Gasteiger partial charge in [-0.15, -0.1) is 0 Å². The van der Waals surface area contributed by atoms with E-state index in [4.69, 9.17) is 5.73 Å². The average molecular weight is 281 g/mol. The summed E-state index contributed by atoms with van der Waals surface area (Å²) < 4.78 is 13.7. The maximum Gasteiger partial charge on any atom is 0.274 e. The van der Waals surface area contributed by atoms with Gasteiger partial charge in [0.1, 0.15) is 11.5 Å². The molecule has 3 N–H and O–H groups in total. The molecule has 5 heteroatoms. The Labute approximate surface area is 120 Å². The Morgan fingerprint density at radius 3 is 2.81 bits per heavy atom. The lowest BCUT2D eigenvalue weighted by atomic mass is 10.1. The van der Waals surface area contributed by atoms with Crippen LogP contribution in [0.25, 0.3) is 10.8 Å². The number of rotatable bonds is 2. The molecule has 0 fully saturated rings. The molecule has 1 amide bonds. The van der Waals surface area contributed by atoms with Crippen molar-refractivity contribution in [1.82, 2.24) is 4.98 Å². The monoisotopic (exact) mass is 281 g/mol. The summed E-state index contributed by atoms with van der Waals surface area (Å²) in [5.74, 6) is -1.02. The number of carbonyl (C=O) groups is 1. The lowest BCUT2D eigenvalue weighted by molar-refractivity contribution is 0.102. The highest BCUT2D eigenvalue weighted by Gasteiger charge is 2.13. The minimum absolute atomic E-state index is 0.0368. The van der Waals surface area contributed by atoms with Crippen molar-refractivity contribution >= 4 is 28.1 Å². The summed E-state index contributed by atoms with van der Waals surface area (Å²) in [5.41, 5.74) is 6.25. The molecule has 0 aliphatic rings. The molecule has 104 valence electrons. The van der Waals surface area contributed by atoms with E-state index in [2.05, 4.69) is 10.3 Å². The molecule has 3 aromatic rings. The zero-order valence-corrected chi connectivity index (χ0v) is 11.0. The molecule has 4 nitrogen and oxygen atoms in total. The summed E-state index contributed by atoms with van der Waals surface area (Å²) in [6.07, 6.45) is 1.55. The van der Waals surface area contributed by atoms with Crippen LogP contribution in [0.5, 0.6) is 0 Å². The molecular formula is C16H12FN3O. The van der Waals surface area contributed by atoms with E-state index in [1.165, 1.54) is 18.2 Å². The number of amides is 1. The van der Waals surface area contributed by atoms with E-state index in [0.29, 0.717) is 11.1 Å². The van der Waals surface area contributed by atoms with Crippen LogP contribution in [0.15, 0.2) is 54.7 Å². The van der Waals surface area contributed by atoms with Crippen molar-refractivity contribution in [2.45, 2.75) is 0 Å². The molecule has 0 saturated carbocycles. The Morgan fingerprint density at radius 1 is 1.14 bits per heavy atom. The molecule has 2 aromatic carbocycles. The van der Waals surface area contributed by atoms with E-state index < -0.39 is 11.7 Å². The third kappa shape index (κ3) is 2.53. The number of aromatic nitrogens is 1. The number of carbonyl (C=O) groups excluding carboxylic acids is 1. The highest BCUT2D eigenvalue weighted by Crippen LogP contribution is 2.20. The molecule has 1 heterocycles. The minimum atomic E-state index is -0.544. The van der Waals surface area contributed by atoms with Crippen molar-refractivity contribution in [1.29, 1.82) is 0 Å². The molecule has 0 aliphatic heterocycles. The molecule has 0 spiro atoms. The molecule has 21 heavy (non-hydrogen) atoms. The largest absolute Gasteiger partial charge is 0.399 e. The van der Waals surface area contributed by atoms with E-state index >= 15 is 0 Å². The van der Waals surface area contributed by atoms with Gasteiger partial charge in [-0.3, -0.25) is 9.78 Å². The second-order valence-electron chi connectivity index (χ2n) is 4.57. The number of nitrogens with zero attached hydrogens (tertiary/aromatic N) is 1. The van der Waals surface area contributed by atoms with Crippen LogP contribution < -0.4 is 11.1 Å². The maximum absolute atomic E-state index is 13.7. The number of fused-ring (bicyclic) bond motifs is 1. The normalized spacial score (nSPS) is 10.5. The lowest BCUT2D eigenvalue weighted by Gasteiger charge is -2.08. The Hall–Kier alpha value is -2.95. The fourth-order valence-electron chi connectivity index (χ4n) is 2.12. The van der Waals surface area contributed by atoms with E-state index in [1.54, 1.807) is 12.3 Å². The van der Waals surface area contributed by atoms with Crippen LogP contribution in [0.1, 0.15) is 10.5 Å². The van der Waals surface area contributed by atoms with Crippen molar-refractivity contribution in [3.63, 3.8) is 0 Å². The highest BCUT2D eigenvalue weighted by atomic mass is 19.1. The summed E-state index contributed by atoms with van der Waals surface area (Å²) >= 11 is 0.